The number of rotatable bonds is 4. The lowest BCUT2D eigenvalue weighted by atomic mass is 11.1. The van der Waals surface area contributed by atoms with Crippen molar-refractivity contribution in [1.29, 1.82) is 0 Å². The van der Waals surface area contributed by atoms with Crippen LogP contribution < -0.4 is 10.5 Å². The topological polar surface area (TPSA) is 75.3 Å². The van der Waals surface area contributed by atoms with E-state index in [2.05, 4.69) is 17.1 Å². The van der Waals surface area contributed by atoms with Crippen molar-refractivity contribution < 1.29 is 9.90 Å². The first-order chi connectivity index (χ1) is 4.70. The first kappa shape index (κ1) is 10.4. The molecule has 10 heavy (non-hydrogen) atoms. The number of hydrogen-bond donors (Lipinski definition) is 3. The molecule has 2 atom stereocenters. The summed E-state index contributed by atoms with van der Waals surface area (Å²) in [5.74, 6) is 0. The summed E-state index contributed by atoms with van der Waals surface area (Å²) in [6, 6.07) is 0. The number of hydrogen-bond acceptors (Lipinski definition) is 5. The second kappa shape index (κ2) is 6.18. The van der Waals surface area contributed by atoms with E-state index in [4.69, 9.17) is 10.2 Å². The van der Waals surface area contributed by atoms with E-state index in [9.17, 15) is 4.79 Å². The molecule has 1 amide bonds. The second-order valence-corrected chi connectivity index (χ2v) is 5.74. The Bertz CT molecular complexity index is 134. The van der Waals surface area contributed by atoms with Crippen LogP contribution in [0.3, 0.4) is 0 Å². The summed E-state index contributed by atoms with van der Waals surface area (Å²) < 4.78 is -0.340. The molecule has 0 bridgehead atoms. The molecule has 0 aromatic carbocycles. The van der Waals surface area contributed by atoms with Crippen molar-refractivity contribution in [3.05, 3.63) is 0 Å². The predicted octanol–water partition coefficient (Wildman–Crippen LogP) is 0.933. The molecular formula is C2H6N2O2PS3+. The summed E-state index contributed by atoms with van der Waals surface area (Å²) in [6.45, 7) is 0.218. The second-order valence-electron chi connectivity index (χ2n) is 1.12. The highest BCUT2D eigenvalue weighted by atomic mass is 32.9. The molecule has 0 aromatic heterocycles. The van der Waals surface area contributed by atoms with Gasteiger partial charge in [0.1, 0.15) is 11.4 Å². The maximum atomic E-state index is 10.0. The Kier molecular flexibility index (Phi) is 6.46. The zero-order chi connectivity index (χ0) is 7.98. The van der Waals surface area contributed by atoms with Gasteiger partial charge in [0.2, 0.25) is 6.56 Å². The molecule has 2 unspecified atom stereocenters. The van der Waals surface area contributed by atoms with Crippen molar-refractivity contribution in [2.45, 2.75) is 4.71 Å². The summed E-state index contributed by atoms with van der Waals surface area (Å²) in [4.78, 5) is 10.0. The number of carboxylic acid groups (broad SMARTS) is 1. The highest BCUT2D eigenvalue weighted by Crippen LogP contribution is 2.27. The summed E-state index contributed by atoms with van der Waals surface area (Å²) in [7, 11) is 0. The summed E-state index contributed by atoms with van der Waals surface area (Å²) in [6.07, 6.45) is -1.08. The van der Waals surface area contributed by atoms with Crippen LogP contribution in [0.15, 0.2) is 0 Å². The van der Waals surface area contributed by atoms with Crippen molar-refractivity contribution in [3.63, 3.8) is 0 Å². The molecule has 0 aliphatic carbocycles. The van der Waals surface area contributed by atoms with Crippen molar-refractivity contribution in [2.75, 3.05) is 0 Å². The minimum atomic E-state index is -1.08. The van der Waals surface area contributed by atoms with Gasteiger partial charge in [0.25, 0.3) is 0 Å². The fraction of sp³-hybridized carbons (Fsp3) is 0.500. The molecule has 4 nitrogen and oxygen atoms in total. The molecule has 0 fully saturated rings. The molecule has 0 heterocycles. The Morgan fingerprint density at radius 1 is 1.90 bits per heavy atom. The van der Waals surface area contributed by atoms with E-state index < -0.39 is 6.09 Å². The summed E-state index contributed by atoms with van der Waals surface area (Å²) in [5, 5.41) is 15.5. The van der Waals surface area contributed by atoms with E-state index >= 15 is 0 Å². The molecule has 0 rings (SSSR count). The molecule has 0 saturated carbocycles. The standard InChI is InChI=1S/C2H5N2O2PS3/c3-9-2(10-7-8)4-1(5)6/h2,4H,3H2,(H,5,6)/p+1. The first-order valence-corrected chi connectivity index (χ1v) is 6.76. The Morgan fingerprint density at radius 3 is 2.80 bits per heavy atom. The van der Waals surface area contributed by atoms with E-state index in [1.54, 1.807) is 0 Å². The quantitative estimate of drug-likeness (QED) is 0.369. The van der Waals surface area contributed by atoms with E-state index in [0.717, 1.165) is 11.9 Å². The van der Waals surface area contributed by atoms with Gasteiger partial charge < -0.3 is 5.11 Å². The minimum absolute atomic E-state index is 0.218. The van der Waals surface area contributed by atoms with E-state index in [-0.39, 0.29) is 11.3 Å². The van der Waals surface area contributed by atoms with Crippen molar-refractivity contribution in [2.24, 2.45) is 5.14 Å². The molecule has 0 aromatic rings. The first-order valence-electron chi connectivity index (χ1n) is 2.08. The van der Waals surface area contributed by atoms with Crippen LogP contribution >= 0.6 is 29.9 Å². The monoisotopic (exact) mass is 217 g/mol. The smallest absolute Gasteiger partial charge is 0.406 e. The summed E-state index contributed by atoms with van der Waals surface area (Å²) in [5.41, 5.74) is 0. The van der Waals surface area contributed by atoms with Gasteiger partial charge in [-0.05, 0) is 11.9 Å². The lowest BCUT2D eigenvalue weighted by Gasteiger charge is -2.03. The van der Waals surface area contributed by atoms with Crippen LogP contribution in [-0.2, 0) is 11.8 Å². The van der Waals surface area contributed by atoms with Crippen LogP contribution in [0.2, 0.25) is 0 Å². The van der Waals surface area contributed by atoms with E-state index in [1.807, 2.05) is 0 Å². The predicted molar refractivity (Wildman–Crippen MR) is 50.0 cm³/mol. The lowest BCUT2D eigenvalue weighted by Crippen LogP contribution is -2.28. The van der Waals surface area contributed by atoms with Crippen molar-refractivity contribution in [3.8, 4) is 0 Å². The third-order valence-corrected chi connectivity index (χ3v) is 4.31. The van der Waals surface area contributed by atoms with Gasteiger partial charge in [-0.2, -0.15) is 0 Å². The molecule has 0 saturated heterocycles. The third-order valence-electron chi connectivity index (χ3n) is 0.520. The normalized spacial score (nSPS) is 12.9. The van der Waals surface area contributed by atoms with Crippen molar-refractivity contribution in [1.82, 2.24) is 5.32 Å². The molecule has 0 spiro atoms. The Labute approximate surface area is 73.0 Å². The lowest BCUT2D eigenvalue weighted by molar-refractivity contribution is 0.196. The number of amides is 1. The SMILES string of the molecule is NSC(NC(=O)O)S[PH+]=S. The Hall–Kier alpha value is 0.450. The maximum Gasteiger partial charge on any atom is 0.406 e. The Morgan fingerprint density at radius 2 is 2.50 bits per heavy atom. The molecular weight excluding hydrogens is 211 g/mol. The molecule has 4 N–H and O–H groups in total. The van der Waals surface area contributed by atoms with Gasteiger partial charge in [0, 0.05) is 0 Å². The summed E-state index contributed by atoms with van der Waals surface area (Å²) >= 11 is 6.86. The fourth-order valence-electron chi connectivity index (χ4n) is 0.236. The van der Waals surface area contributed by atoms with Gasteiger partial charge >= 0.3 is 6.09 Å². The van der Waals surface area contributed by atoms with Gasteiger partial charge in [-0.1, -0.05) is 0 Å². The molecule has 58 valence electrons. The highest BCUT2D eigenvalue weighted by molar-refractivity contribution is 8.60. The van der Waals surface area contributed by atoms with Crippen LogP contribution in [0.1, 0.15) is 0 Å². The zero-order valence-electron chi connectivity index (χ0n) is 4.73. The number of nitrogens with two attached hydrogens (primary N) is 1. The minimum Gasteiger partial charge on any atom is -0.465 e. The van der Waals surface area contributed by atoms with Gasteiger partial charge in [0.15, 0.2) is 16.5 Å². The van der Waals surface area contributed by atoms with Crippen LogP contribution in [0.5, 0.6) is 0 Å². The van der Waals surface area contributed by atoms with Gasteiger partial charge in [-0.15, -0.1) is 0 Å². The van der Waals surface area contributed by atoms with Crippen LogP contribution in [0.25, 0.3) is 0 Å². The molecule has 0 aliphatic rings. The van der Waals surface area contributed by atoms with E-state index in [0.29, 0.717) is 0 Å². The van der Waals surface area contributed by atoms with Crippen LogP contribution in [0, 0.1) is 0 Å². The van der Waals surface area contributed by atoms with Gasteiger partial charge in [-0.25, -0.2) is 4.79 Å². The largest absolute Gasteiger partial charge is 0.465 e. The third kappa shape index (κ3) is 5.25. The fourth-order valence-corrected chi connectivity index (χ4v) is 3.66. The maximum absolute atomic E-state index is 10.0. The average Bonchev–Trinajstić information content (AvgIpc) is 1.86. The van der Waals surface area contributed by atoms with Crippen LogP contribution in [-0.4, -0.2) is 15.9 Å². The highest BCUT2D eigenvalue weighted by Gasteiger charge is 2.13. The Balaban J connectivity index is 3.59. The van der Waals surface area contributed by atoms with Crippen molar-refractivity contribution >= 4 is 47.8 Å². The molecule has 8 heteroatoms. The van der Waals surface area contributed by atoms with Crippen LogP contribution in [0.4, 0.5) is 4.79 Å². The van der Waals surface area contributed by atoms with Gasteiger partial charge in [0.05, 0.1) is 0 Å². The molecule has 0 aliphatic heterocycles. The van der Waals surface area contributed by atoms with Gasteiger partial charge in [-0.3, -0.25) is 10.5 Å². The zero-order valence-corrected chi connectivity index (χ0v) is 8.18. The molecule has 0 radical (unpaired) electrons. The van der Waals surface area contributed by atoms with E-state index in [1.165, 1.54) is 11.4 Å². The average molecular weight is 217 g/mol. The number of carbonyl (C=O) groups is 1. The number of nitrogens with one attached hydrogen (secondary N) is 1.